The molecule has 1 amide bonds. The second-order valence-electron chi connectivity index (χ2n) is 8.10. The first kappa shape index (κ1) is 24.3. The van der Waals surface area contributed by atoms with Gasteiger partial charge in [0.15, 0.2) is 0 Å². The number of ether oxygens (including phenoxy) is 1. The van der Waals surface area contributed by atoms with Gasteiger partial charge in [0.2, 0.25) is 0 Å². The molecule has 1 aromatic carbocycles. The van der Waals surface area contributed by atoms with Crippen molar-refractivity contribution in [3.8, 4) is 17.0 Å². The summed E-state index contributed by atoms with van der Waals surface area (Å²) >= 11 is 0. The zero-order valence-electron chi connectivity index (χ0n) is 18.6. The molecule has 0 saturated heterocycles. The molecule has 33 heavy (non-hydrogen) atoms. The van der Waals surface area contributed by atoms with Crippen LogP contribution in [0, 0.1) is 18.8 Å². The first-order valence-corrected chi connectivity index (χ1v) is 10.7. The summed E-state index contributed by atoms with van der Waals surface area (Å²) in [5.41, 5.74) is 7.76. The predicted molar refractivity (Wildman–Crippen MR) is 121 cm³/mol. The van der Waals surface area contributed by atoms with Gasteiger partial charge in [0.1, 0.15) is 11.6 Å². The fraction of sp³-hybridized carbons (Fsp3) is 0.435. The van der Waals surface area contributed by atoms with Crippen LogP contribution in [0.5, 0.6) is 5.75 Å². The summed E-state index contributed by atoms with van der Waals surface area (Å²) < 4.78 is 41.1. The van der Waals surface area contributed by atoms with Crippen molar-refractivity contribution in [3.63, 3.8) is 0 Å². The lowest BCUT2D eigenvalue weighted by atomic mass is 9.81. The van der Waals surface area contributed by atoms with E-state index in [0.717, 1.165) is 37.2 Å². The summed E-state index contributed by atoms with van der Waals surface area (Å²) in [6.45, 7) is 2.37. The number of nitrogens with two attached hydrogens (primary N) is 1. The number of alkyl halides is 3. The molecule has 0 radical (unpaired) electrons. The molecular weight excluding hydrogens is 435 g/mol. The molecule has 1 aliphatic carbocycles. The highest BCUT2D eigenvalue weighted by atomic mass is 19.4. The van der Waals surface area contributed by atoms with Crippen LogP contribution in [0.3, 0.4) is 0 Å². The highest BCUT2D eigenvalue weighted by Gasteiger charge is 2.31. The van der Waals surface area contributed by atoms with Crippen LogP contribution in [0.2, 0.25) is 0 Å². The Balaban J connectivity index is 1.61. The number of hydrogen-bond acceptors (Lipinski definition) is 3. The molecule has 0 unspecified atom stereocenters. The van der Waals surface area contributed by atoms with Gasteiger partial charge in [-0.3, -0.25) is 9.79 Å². The third kappa shape index (κ3) is 6.59. The Morgan fingerprint density at radius 3 is 2.48 bits per heavy atom. The van der Waals surface area contributed by atoms with Crippen LogP contribution in [0.15, 0.2) is 40.3 Å². The van der Waals surface area contributed by atoms with Crippen LogP contribution in [-0.4, -0.2) is 43.0 Å². The number of aromatic nitrogens is 1. The van der Waals surface area contributed by atoms with E-state index in [-0.39, 0.29) is 17.6 Å². The highest BCUT2D eigenvalue weighted by Crippen LogP contribution is 2.31. The minimum atomic E-state index is -4.75. The van der Waals surface area contributed by atoms with Crippen LogP contribution in [0.1, 0.15) is 41.7 Å². The number of amides is 1. The van der Waals surface area contributed by atoms with Crippen LogP contribution in [-0.2, 0) is 0 Å². The van der Waals surface area contributed by atoms with Crippen molar-refractivity contribution in [2.75, 3.05) is 13.6 Å². The van der Waals surface area contributed by atoms with E-state index in [1.807, 2.05) is 6.92 Å². The molecule has 1 heterocycles. The molecule has 0 atom stereocenters. The molecule has 0 bridgehead atoms. The monoisotopic (exact) mass is 463 g/mol. The zero-order chi connectivity index (χ0) is 24.0. The van der Waals surface area contributed by atoms with E-state index in [9.17, 15) is 18.0 Å². The van der Waals surface area contributed by atoms with Crippen molar-refractivity contribution in [3.05, 3.63) is 41.6 Å². The number of carbonyl (C=O) groups is 1. The molecule has 4 N–H and O–H groups in total. The second kappa shape index (κ2) is 10.5. The number of nitrogens with zero attached hydrogens (tertiary/aromatic N) is 2. The maximum Gasteiger partial charge on any atom is 0.573 e. The average Bonchev–Trinajstić information content (AvgIpc) is 3.17. The number of benzene rings is 1. The van der Waals surface area contributed by atoms with Gasteiger partial charge >= 0.3 is 6.36 Å². The molecular formula is C23H28F3N5O2. The van der Waals surface area contributed by atoms with Gasteiger partial charge in [-0.2, -0.15) is 0 Å². The summed E-state index contributed by atoms with van der Waals surface area (Å²) in [4.78, 5) is 24.4. The standard InChI is InChI=1S/C23H28F3N5O2/c1-14-11-19(20(31-14)16-7-9-18(10-8-16)33-23(24,25)26)22(32)29-12-15-3-5-17(6-4-15)21(28-2)30-13-27/h7-11,13,15,17,31H,3-6,12H2,1-2H3,(H,29,32)(H2,27,28,30). The largest absolute Gasteiger partial charge is 0.573 e. The minimum Gasteiger partial charge on any atom is -0.406 e. The lowest BCUT2D eigenvalue weighted by Crippen LogP contribution is -2.32. The lowest BCUT2D eigenvalue weighted by molar-refractivity contribution is -0.274. The molecule has 10 heteroatoms. The maximum atomic E-state index is 12.9. The molecule has 7 nitrogen and oxygen atoms in total. The number of H-pyrrole nitrogens is 1. The Morgan fingerprint density at radius 1 is 1.24 bits per heavy atom. The Labute approximate surface area is 190 Å². The Kier molecular flexibility index (Phi) is 7.78. The number of carbonyl (C=O) groups excluding carboxylic acids is 1. The molecule has 178 valence electrons. The van der Waals surface area contributed by atoms with Gasteiger partial charge in [0, 0.05) is 25.2 Å². The van der Waals surface area contributed by atoms with E-state index in [2.05, 4.69) is 25.0 Å². The molecule has 1 aromatic heterocycles. The van der Waals surface area contributed by atoms with Gasteiger partial charge in [-0.15, -0.1) is 13.2 Å². The first-order chi connectivity index (χ1) is 15.7. The van der Waals surface area contributed by atoms with Gasteiger partial charge in [-0.05, 0) is 74.4 Å². The van der Waals surface area contributed by atoms with Crippen molar-refractivity contribution in [1.29, 1.82) is 0 Å². The zero-order valence-corrected chi connectivity index (χ0v) is 18.6. The van der Waals surface area contributed by atoms with Gasteiger partial charge in [-0.1, -0.05) is 0 Å². The van der Waals surface area contributed by atoms with Crippen LogP contribution < -0.4 is 15.8 Å². The molecule has 2 aromatic rings. The van der Waals surface area contributed by atoms with E-state index < -0.39 is 6.36 Å². The van der Waals surface area contributed by atoms with Crippen molar-refractivity contribution in [1.82, 2.24) is 10.3 Å². The predicted octanol–water partition coefficient (Wildman–Crippen LogP) is 4.44. The molecule has 1 fully saturated rings. The third-order valence-corrected chi connectivity index (χ3v) is 5.77. The van der Waals surface area contributed by atoms with Gasteiger partial charge in [0.05, 0.1) is 17.6 Å². The van der Waals surface area contributed by atoms with Gasteiger partial charge in [-0.25, -0.2) is 4.99 Å². The summed E-state index contributed by atoms with van der Waals surface area (Å²) in [5.74, 6) is 0.858. The first-order valence-electron chi connectivity index (χ1n) is 10.7. The number of aryl methyl sites for hydroxylation is 1. The fourth-order valence-corrected chi connectivity index (χ4v) is 4.20. The summed E-state index contributed by atoms with van der Waals surface area (Å²) in [5, 5.41) is 3.01. The number of aliphatic imine (C=N–C) groups is 2. The molecule has 3 rings (SSSR count). The molecule has 0 spiro atoms. The van der Waals surface area contributed by atoms with Crippen molar-refractivity contribution < 1.29 is 22.7 Å². The SMILES string of the molecule is CN=C(N=CN)C1CCC(CNC(=O)c2cc(C)[nH]c2-c2ccc(OC(F)(F)F)cc2)CC1. The Bertz CT molecular complexity index is 1000. The van der Waals surface area contributed by atoms with Crippen molar-refractivity contribution >= 4 is 18.1 Å². The van der Waals surface area contributed by atoms with Crippen LogP contribution in [0.4, 0.5) is 13.2 Å². The molecule has 1 aliphatic rings. The van der Waals surface area contributed by atoms with Gasteiger partial charge in [0.25, 0.3) is 5.91 Å². The number of halogens is 3. The smallest absolute Gasteiger partial charge is 0.406 e. The average molecular weight is 464 g/mol. The van der Waals surface area contributed by atoms with E-state index in [1.54, 1.807) is 13.1 Å². The number of amidine groups is 1. The summed E-state index contributed by atoms with van der Waals surface area (Å²) in [7, 11) is 1.71. The van der Waals surface area contributed by atoms with E-state index in [0.29, 0.717) is 29.3 Å². The van der Waals surface area contributed by atoms with Gasteiger partial charge < -0.3 is 20.8 Å². The van der Waals surface area contributed by atoms with Crippen LogP contribution >= 0.6 is 0 Å². The second-order valence-corrected chi connectivity index (χ2v) is 8.10. The number of nitrogens with one attached hydrogen (secondary N) is 2. The minimum absolute atomic E-state index is 0.226. The summed E-state index contributed by atoms with van der Waals surface area (Å²) in [6, 6.07) is 7.15. The normalized spacial score (nSPS) is 19.6. The van der Waals surface area contributed by atoms with Crippen molar-refractivity contribution in [2.45, 2.75) is 39.0 Å². The van der Waals surface area contributed by atoms with E-state index in [1.165, 1.54) is 30.6 Å². The highest BCUT2D eigenvalue weighted by molar-refractivity contribution is 6.00. The number of rotatable bonds is 6. The maximum absolute atomic E-state index is 12.9. The summed E-state index contributed by atoms with van der Waals surface area (Å²) in [6.07, 6.45) is 0.281. The Morgan fingerprint density at radius 2 is 1.91 bits per heavy atom. The third-order valence-electron chi connectivity index (χ3n) is 5.77. The topological polar surface area (TPSA) is 105 Å². The quantitative estimate of drug-likeness (QED) is 0.436. The number of hydrogen-bond donors (Lipinski definition) is 3. The van der Waals surface area contributed by atoms with E-state index in [4.69, 9.17) is 5.73 Å². The van der Waals surface area contributed by atoms with Crippen LogP contribution in [0.25, 0.3) is 11.3 Å². The molecule has 1 saturated carbocycles. The van der Waals surface area contributed by atoms with Crippen molar-refractivity contribution in [2.24, 2.45) is 27.6 Å². The lowest BCUT2D eigenvalue weighted by Gasteiger charge is -2.28. The van der Waals surface area contributed by atoms with E-state index >= 15 is 0 Å². The fourth-order valence-electron chi connectivity index (χ4n) is 4.20. The molecule has 0 aliphatic heterocycles. The Hall–Kier alpha value is -3.30. The number of aromatic amines is 1.